The van der Waals surface area contributed by atoms with Gasteiger partial charge in [-0.25, -0.2) is 42.1 Å². The van der Waals surface area contributed by atoms with Gasteiger partial charge < -0.3 is 0 Å². The average Bonchev–Trinajstić information content (AvgIpc) is 3.30. The fourth-order valence-electron chi connectivity index (χ4n) is 7.73. The highest BCUT2D eigenvalue weighted by atomic mass is 32.2. The smallest absolute Gasteiger partial charge is 0.185 e. The second kappa shape index (κ2) is 24.8. The summed E-state index contributed by atoms with van der Waals surface area (Å²) in [7, 11) is -19.6. The molecule has 0 N–H and O–H groups in total. The summed E-state index contributed by atoms with van der Waals surface area (Å²) in [6.45, 7) is 13.9. The second-order valence-electron chi connectivity index (χ2n) is 18.1. The number of allylic oxidation sites excluding steroid dienone is 6. The lowest BCUT2D eigenvalue weighted by Gasteiger charge is -2.19. The molecule has 0 saturated carbocycles. The topological polar surface area (TPSA) is 171 Å². The van der Waals surface area contributed by atoms with Crippen LogP contribution in [0.25, 0.3) is 0 Å². The van der Waals surface area contributed by atoms with Crippen LogP contribution in [0.1, 0.15) is 81.1 Å². The predicted octanol–water partition coefficient (Wildman–Crippen LogP) is 11.0. The number of benzene rings is 4. The number of hydrogen-bond acceptors (Lipinski definition) is 10. The van der Waals surface area contributed by atoms with Crippen molar-refractivity contribution in [2.45, 2.75) is 122 Å². The summed E-state index contributed by atoms with van der Waals surface area (Å²) in [6.07, 6.45) is 9.33. The molecule has 4 aromatic carbocycles. The monoisotopic (exact) mass is 1030 g/mol. The van der Waals surface area contributed by atoms with E-state index in [1.807, 2.05) is 0 Å². The molecule has 0 aliphatic carbocycles. The van der Waals surface area contributed by atoms with Gasteiger partial charge in [0, 0.05) is 0 Å². The number of hydrogen-bond donors (Lipinski definition) is 0. The van der Waals surface area contributed by atoms with Gasteiger partial charge in [-0.3, -0.25) is 0 Å². The zero-order valence-electron chi connectivity index (χ0n) is 40.7. The zero-order chi connectivity index (χ0) is 51.2. The van der Waals surface area contributed by atoms with Gasteiger partial charge in [-0.1, -0.05) is 143 Å². The molecule has 69 heavy (non-hydrogen) atoms. The van der Waals surface area contributed by atoms with Gasteiger partial charge in [-0.05, 0) is 130 Å². The lowest BCUT2D eigenvalue weighted by atomic mass is 10.1. The molecular weight excluding hydrogens is 969 g/mol. The molecule has 0 saturated heterocycles. The van der Waals surface area contributed by atoms with Crippen molar-refractivity contribution in [3.05, 3.63) is 191 Å². The molecule has 4 unspecified atom stereocenters. The van der Waals surface area contributed by atoms with Crippen molar-refractivity contribution in [1.82, 2.24) is 0 Å². The molecule has 4 rings (SSSR count). The summed E-state index contributed by atoms with van der Waals surface area (Å²) in [6, 6.07) is 32.0. The molecule has 4 aromatic rings. The van der Waals surface area contributed by atoms with E-state index in [1.54, 1.807) is 152 Å². The first-order valence-corrected chi connectivity index (χ1v) is 30.6. The maximum Gasteiger partial charge on any atom is 0.185 e. The fraction of sp³-hybridized carbons (Fsp3) is 0.333. The van der Waals surface area contributed by atoms with Crippen LogP contribution in [0.5, 0.6) is 0 Å². The maximum absolute atomic E-state index is 14.2. The van der Waals surface area contributed by atoms with Crippen LogP contribution in [0.4, 0.5) is 0 Å². The highest BCUT2D eigenvalue weighted by Crippen LogP contribution is 2.30. The van der Waals surface area contributed by atoms with Gasteiger partial charge in [0.25, 0.3) is 0 Å². The van der Waals surface area contributed by atoms with Gasteiger partial charge in [0.05, 0.1) is 52.1 Å². The van der Waals surface area contributed by atoms with Crippen molar-refractivity contribution >= 4 is 49.2 Å². The Kier molecular flexibility index (Phi) is 20.3. The normalized spacial score (nSPS) is 15.4. The Morgan fingerprint density at radius 2 is 0.551 bits per heavy atom. The highest BCUT2D eigenvalue weighted by Gasteiger charge is 2.31. The predicted molar refractivity (Wildman–Crippen MR) is 281 cm³/mol. The van der Waals surface area contributed by atoms with Gasteiger partial charge in [-0.2, -0.15) is 0 Å². The Morgan fingerprint density at radius 1 is 0.333 bits per heavy atom. The van der Waals surface area contributed by atoms with Crippen LogP contribution in [0.2, 0.25) is 0 Å². The van der Waals surface area contributed by atoms with Gasteiger partial charge in [0.15, 0.2) is 49.2 Å². The lowest BCUT2D eigenvalue weighted by Crippen LogP contribution is -2.23. The average molecular weight is 1040 g/mol. The van der Waals surface area contributed by atoms with Crippen molar-refractivity contribution in [2.24, 2.45) is 0 Å². The fourth-order valence-corrected chi connectivity index (χ4v) is 16.1. The lowest BCUT2D eigenvalue weighted by molar-refractivity contribution is 0.583. The van der Waals surface area contributed by atoms with Crippen LogP contribution >= 0.6 is 0 Å². The van der Waals surface area contributed by atoms with Crippen LogP contribution in [0.15, 0.2) is 211 Å². The molecule has 0 bridgehead atoms. The van der Waals surface area contributed by atoms with Crippen LogP contribution < -0.4 is 0 Å². The summed E-state index contributed by atoms with van der Waals surface area (Å²) < 4.78 is 139. The number of sulfone groups is 5. The molecule has 0 heterocycles. The molecule has 0 amide bonds. The SMILES string of the molecule is CC(C)=CC(CC(C)=CC(CC(C)=CCS(=O)(=O)CC=C(C)CC(C=C(C)CC(C=C(C)C)S(=O)(=O)c1ccccc1)S(=O)(=O)c1ccccc1)S(=O)(=O)c1ccccc1)S(=O)(=O)c1ccccc1. The minimum absolute atomic E-state index is 0.0293. The van der Waals surface area contributed by atoms with E-state index >= 15 is 0 Å². The molecular formula is C54H66O10S5. The summed E-state index contributed by atoms with van der Waals surface area (Å²) >= 11 is 0. The molecule has 0 spiro atoms. The first-order chi connectivity index (χ1) is 32.2. The summed E-state index contributed by atoms with van der Waals surface area (Å²) in [4.78, 5) is 0.447. The Morgan fingerprint density at radius 3 is 0.783 bits per heavy atom. The van der Waals surface area contributed by atoms with E-state index in [0.29, 0.717) is 22.3 Å². The summed E-state index contributed by atoms with van der Waals surface area (Å²) in [5.41, 5.74) is 3.61. The van der Waals surface area contributed by atoms with E-state index in [2.05, 4.69) is 0 Å². The quantitative estimate of drug-likeness (QED) is 0.0615. The molecule has 0 fully saturated rings. The molecule has 10 nitrogen and oxygen atoms in total. The van der Waals surface area contributed by atoms with E-state index in [9.17, 15) is 42.1 Å². The molecule has 4 atom stereocenters. The van der Waals surface area contributed by atoms with Crippen molar-refractivity contribution in [2.75, 3.05) is 11.5 Å². The summed E-state index contributed by atoms with van der Waals surface area (Å²) in [5, 5.41) is -4.22. The third kappa shape index (κ3) is 16.6. The van der Waals surface area contributed by atoms with Crippen molar-refractivity contribution < 1.29 is 42.1 Å². The van der Waals surface area contributed by atoms with Crippen LogP contribution in [0.3, 0.4) is 0 Å². The molecule has 0 aliphatic rings. The standard InChI is InChI=1S/C54H66O10S5/c1-41(2)33-51(66(57,58)47-21-13-9-14-22-47)37-45(7)39-53(68(61,62)49-25-17-11-18-26-49)35-43(5)29-31-65(55,56)32-30-44(6)36-54(69(63,64)50-27-19-12-20-28-50)40-46(8)38-52(34-42(3)4)67(59,60)48-23-15-10-16-24-48/h9-30,33-34,39-40,51-54H,31-32,35-38H2,1-8H3. The van der Waals surface area contributed by atoms with E-state index < -0.39 is 81.7 Å². The Balaban J connectivity index is 1.60. The molecule has 0 aliphatic heterocycles. The van der Waals surface area contributed by atoms with Crippen molar-refractivity contribution in [3.63, 3.8) is 0 Å². The minimum Gasteiger partial charge on any atom is -0.228 e. The third-order valence-corrected chi connectivity index (χ3v) is 20.8. The molecule has 15 heteroatoms. The molecule has 0 radical (unpaired) electrons. The van der Waals surface area contributed by atoms with Gasteiger partial charge in [-0.15, -0.1) is 0 Å². The molecule has 0 aromatic heterocycles. The van der Waals surface area contributed by atoms with Gasteiger partial charge in [0.1, 0.15) is 0 Å². The van der Waals surface area contributed by atoms with E-state index in [1.165, 1.54) is 60.7 Å². The minimum atomic E-state index is -4.03. The Bertz CT molecular complexity index is 2920. The van der Waals surface area contributed by atoms with Crippen LogP contribution in [-0.4, -0.2) is 74.6 Å². The van der Waals surface area contributed by atoms with E-state index in [-0.39, 0.29) is 45.3 Å². The van der Waals surface area contributed by atoms with Gasteiger partial charge in [0.2, 0.25) is 0 Å². The Labute approximate surface area is 413 Å². The largest absolute Gasteiger partial charge is 0.228 e. The first kappa shape index (κ1) is 56.7. The molecule has 372 valence electrons. The zero-order valence-corrected chi connectivity index (χ0v) is 44.8. The van der Waals surface area contributed by atoms with E-state index in [0.717, 1.165) is 11.1 Å². The first-order valence-electron chi connectivity index (χ1n) is 22.6. The number of rotatable bonds is 24. The maximum atomic E-state index is 14.2. The van der Waals surface area contributed by atoms with Gasteiger partial charge >= 0.3 is 0 Å². The second-order valence-corrected chi connectivity index (χ2v) is 28.9. The van der Waals surface area contributed by atoms with E-state index in [4.69, 9.17) is 0 Å². The highest BCUT2D eigenvalue weighted by molar-refractivity contribution is 7.93. The van der Waals surface area contributed by atoms with Crippen molar-refractivity contribution in [3.8, 4) is 0 Å². The van der Waals surface area contributed by atoms with Crippen LogP contribution in [-0.2, 0) is 49.2 Å². The van der Waals surface area contributed by atoms with Crippen LogP contribution in [0, 0.1) is 0 Å². The van der Waals surface area contributed by atoms with Crippen molar-refractivity contribution in [1.29, 1.82) is 0 Å². The Hall–Kier alpha value is -4.93. The third-order valence-electron chi connectivity index (χ3n) is 11.3. The summed E-state index contributed by atoms with van der Waals surface area (Å²) in [5.74, 6) is -0.846.